The highest BCUT2D eigenvalue weighted by molar-refractivity contribution is 6.38. The molecule has 0 radical (unpaired) electrons. The first-order chi connectivity index (χ1) is 14.0. The van der Waals surface area contributed by atoms with Gasteiger partial charge in [0.05, 0.1) is 37.3 Å². The van der Waals surface area contributed by atoms with Crippen molar-refractivity contribution in [3.05, 3.63) is 73.6 Å². The van der Waals surface area contributed by atoms with Gasteiger partial charge in [0.1, 0.15) is 21.5 Å². The summed E-state index contributed by atoms with van der Waals surface area (Å²) in [5, 5.41) is 8.65. The normalized spacial score (nSPS) is 10.9. The Kier molecular flexibility index (Phi) is 6.64. The van der Waals surface area contributed by atoms with Crippen molar-refractivity contribution < 1.29 is 9.47 Å². The Balaban J connectivity index is 1.88. The van der Waals surface area contributed by atoms with Gasteiger partial charge < -0.3 is 9.47 Å². The second kappa shape index (κ2) is 9.17. The molecule has 0 aliphatic rings. The molecule has 0 unspecified atom stereocenters. The molecule has 1 heterocycles. The molecule has 2 aromatic carbocycles. The van der Waals surface area contributed by atoms with Gasteiger partial charge in [-0.25, -0.2) is 0 Å². The average molecular weight is 454 g/mol. The second-order valence-corrected chi connectivity index (χ2v) is 6.79. The van der Waals surface area contributed by atoms with Crippen molar-refractivity contribution in [3.63, 3.8) is 0 Å². The molecule has 29 heavy (non-hydrogen) atoms. The van der Waals surface area contributed by atoms with E-state index < -0.39 is 5.56 Å². The van der Waals surface area contributed by atoms with E-state index >= 15 is 0 Å². The van der Waals surface area contributed by atoms with Gasteiger partial charge in [0.15, 0.2) is 5.75 Å². The Hall–Kier alpha value is -2.74. The summed E-state index contributed by atoms with van der Waals surface area (Å²) in [6, 6.07) is 10.5. The molecule has 0 spiro atoms. The zero-order chi connectivity index (χ0) is 21.0. The number of hydrazone groups is 1. The lowest BCUT2D eigenvalue weighted by Crippen LogP contribution is -2.22. The van der Waals surface area contributed by atoms with Crippen LogP contribution in [-0.4, -0.2) is 30.2 Å². The first-order valence-corrected chi connectivity index (χ1v) is 9.33. The molecule has 0 aliphatic heterocycles. The Labute approximate surface area is 181 Å². The number of hydrogen-bond donors (Lipinski definition) is 1. The number of benzene rings is 2. The van der Waals surface area contributed by atoms with Crippen LogP contribution < -0.4 is 20.5 Å². The molecule has 0 amide bonds. The molecule has 1 N–H and O–H groups in total. The Morgan fingerprint density at radius 2 is 1.76 bits per heavy atom. The lowest BCUT2D eigenvalue weighted by molar-refractivity contribution is 0.394. The first-order valence-electron chi connectivity index (χ1n) is 8.20. The van der Waals surface area contributed by atoms with Crippen LogP contribution in [0.25, 0.3) is 5.69 Å². The summed E-state index contributed by atoms with van der Waals surface area (Å²) in [4.78, 5) is 12.5. The van der Waals surface area contributed by atoms with Crippen LogP contribution in [0.5, 0.6) is 11.5 Å². The molecule has 0 fully saturated rings. The summed E-state index contributed by atoms with van der Waals surface area (Å²) in [6.07, 6.45) is 2.83. The van der Waals surface area contributed by atoms with E-state index in [1.165, 1.54) is 31.3 Å². The molecule has 3 aromatic rings. The number of halogens is 3. The predicted octanol–water partition coefficient (Wildman–Crippen LogP) is 4.66. The van der Waals surface area contributed by atoms with E-state index in [4.69, 9.17) is 44.3 Å². The van der Waals surface area contributed by atoms with E-state index in [-0.39, 0.29) is 15.7 Å². The fourth-order valence-electron chi connectivity index (χ4n) is 2.53. The molecule has 3 rings (SSSR count). The number of methoxy groups -OCH3 is 2. The average Bonchev–Trinajstić information content (AvgIpc) is 2.72. The van der Waals surface area contributed by atoms with Gasteiger partial charge in [-0.3, -0.25) is 10.2 Å². The lowest BCUT2D eigenvalue weighted by Gasteiger charge is -2.12. The zero-order valence-corrected chi connectivity index (χ0v) is 17.6. The number of nitrogens with zero attached hydrogens (tertiary/aromatic N) is 3. The summed E-state index contributed by atoms with van der Waals surface area (Å²) in [5.41, 5.74) is 3.55. The quantitative estimate of drug-likeness (QED) is 0.434. The number of aromatic nitrogens is 2. The molecule has 0 atom stereocenters. The van der Waals surface area contributed by atoms with Gasteiger partial charge in [0, 0.05) is 5.56 Å². The monoisotopic (exact) mass is 452 g/mol. The summed E-state index contributed by atoms with van der Waals surface area (Å²) in [6.45, 7) is 0. The molecule has 1 aromatic heterocycles. The Bertz CT molecular complexity index is 1120. The largest absolute Gasteiger partial charge is 0.494 e. The van der Waals surface area contributed by atoms with E-state index in [0.29, 0.717) is 27.8 Å². The van der Waals surface area contributed by atoms with Gasteiger partial charge in [-0.2, -0.15) is 14.9 Å². The third-order valence-electron chi connectivity index (χ3n) is 3.88. The van der Waals surface area contributed by atoms with Gasteiger partial charge in [-0.1, -0.05) is 53.0 Å². The Morgan fingerprint density at radius 1 is 1.07 bits per heavy atom. The van der Waals surface area contributed by atoms with E-state index in [0.717, 1.165) is 0 Å². The van der Waals surface area contributed by atoms with Crippen molar-refractivity contribution >= 4 is 46.7 Å². The fourth-order valence-corrected chi connectivity index (χ4v) is 3.40. The predicted molar refractivity (Wildman–Crippen MR) is 116 cm³/mol. The highest BCUT2D eigenvalue weighted by atomic mass is 35.5. The summed E-state index contributed by atoms with van der Waals surface area (Å²) in [7, 11) is 2.91. The molecule has 0 aliphatic carbocycles. The minimum absolute atomic E-state index is 0.0567. The molecular weight excluding hydrogens is 439 g/mol. The maximum absolute atomic E-state index is 12.5. The first kappa shape index (κ1) is 21.0. The third kappa shape index (κ3) is 4.32. The smallest absolute Gasteiger partial charge is 0.292 e. The van der Waals surface area contributed by atoms with E-state index in [9.17, 15) is 4.79 Å². The topological polar surface area (TPSA) is 77.7 Å². The van der Waals surface area contributed by atoms with Crippen LogP contribution >= 0.6 is 34.8 Å². The van der Waals surface area contributed by atoms with Gasteiger partial charge in [-0.15, -0.1) is 0 Å². The van der Waals surface area contributed by atoms with E-state index in [1.54, 1.807) is 30.3 Å². The number of para-hydroxylation sites is 1. The van der Waals surface area contributed by atoms with Crippen LogP contribution in [0.2, 0.25) is 15.1 Å². The van der Waals surface area contributed by atoms with Crippen LogP contribution in [0.15, 0.2) is 52.5 Å². The zero-order valence-electron chi connectivity index (χ0n) is 15.3. The molecule has 0 saturated carbocycles. The van der Waals surface area contributed by atoms with Crippen LogP contribution in [0.3, 0.4) is 0 Å². The van der Waals surface area contributed by atoms with Gasteiger partial charge in [0.2, 0.25) is 0 Å². The van der Waals surface area contributed by atoms with Crippen molar-refractivity contribution in [2.75, 3.05) is 19.6 Å². The fraction of sp³-hybridized carbons (Fsp3) is 0.105. The van der Waals surface area contributed by atoms with Crippen molar-refractivity contribution in [1.29, 1.82) is 0 Å². The van der Waals surface area contributed by atoms with Crippen LogP contribution in [0, 0.1) is 0 Å². The molecule has 10 heteroatoms. The maximum Gasteiger partial charge on any atom is 0.292 e. The molecule has 7 nitrogen and oxygen atoms in total. The van der Waals surface area contributed by atoms with Crippen molar-refractivity contribution in [1.82, 2.24) is 9.78 Å². The molecule has 150 valence electrons. The highest BCUT2D eigenvalue weighted by Crippen LogP contribution is 2.41. The van der Waals surface area contributed by atoms with Crippen LogP contribution in [0.4, 0.5) is 5.69 Å². The third-order valence-corrected chi connectivity index (χ3v) is 4.87. The molecule has 0 saturated heterocycles. The maximum atomic E-state index is 12.5. The number of anilines is 1. The van der Waals surface area contributed by atoms with Crippen LogP contribution in [0.1, 0.15) is 5.56 Å². The molecular formula is C19H15Cl3N4O3. The van der Waals surface area contributed by atoms with Gasteiger partial charge in [0.25, 0.3) is 5.56 Å². The highest BCUT2D eigenvalue weighted by Gasteiger charge is 2.16. The molecule has 0 bridgehead atoms. The standard InChI is InChI=1S/C19H15Cl3N4O3/c1-28-17-11(8-13(20)18(29-2)16(17)22)9-23-25-14-10-24-26(19(27)15(14)21)12-6-4-3-5-7-12/h3-10,25H,1-2H3/b23-9-. The lowest BCUT2D eigenvalue weighted by atomic mass is 10.2. The summed E-state index contributed by atoms with van der Waals surface area (Å²) in [5.74, 6) is 0.634. The number of hydrogen-bond acceptors (Lipinski definition) is 6. The van der Waals surface area contributed by atoms with Crippen molar-refractivity contribution in [2.45, 2.75) is 0 Å². The minimum Gasteiger partial charge on any atom is -0.494 e. The second-order valence-electron chi connectivity index (χ2n) is 5.62. The SMILES string of the molecule is COc1c(Cl)cc(/C=N\Nc2cnn(-c3ccccc3)c(=O)c2Cl)c(OC)c1Cl. The number of nitrogens with one attached hydrogen (secondary N) is 1. The van der Waals surface area contributed by atoms with E-state index in [2.05, 4.69) is 15.6 Å². The van der Waals surface area contributed by atoms with Crippen molar-refractivity contribution in [3.8, 4) is 17.2 Å². The summed E-state index contributed by atoms with van der Waals surface area (Å²) >= 11 is 18.6. The summed E-state index contributed by atoms with van der Waals surface area (Å²) < 4.78 is 11.7. The Morgan fingerprint density at radius 3 is 2.41 bits per heavy atom. The van der Waals surface area contributed by atoms with Crippen molar-refractivity contribution in [2.24, 2.45) is 5.10 Å². The number of rotatable bonds is 6. The minimum atomic E-state index is -0.480. The van der Waals surface area contributed by atoms with Gasteiger partial charge >= 0.3 is 0 Å². The van der Waals surface area contributed by atoms with Gasteiger partial charge in [-0.05, 0) is 18.2 Å². The number of ether oxygens (including phenoxy) is 2. The van der Waals surface area contributed by atoms with E-state index in [1.807, 2.05) is 6.07 Å². The van der Waals surface area contributed by atoms with Crippen LogP contribution in [-0.2, 0) is 0 Å².